The molecule has 2 nitrogen and oxygen atoms in total. The summed E-state index contributed by atoms with van der Waals surface area (Å²) in [6, 6.07) is 13.4. The van der Waals surface area contributed by atoms with Crippen molar-refractivity contribution in [3.8, 4) is 5.75 Å². The number of hydrogen-bond donors (Lipinski definition) is 0. The highest BCUT2D eigenvalue weighted by atomic mass is 32.1. The maximum atomic E-state index is 5.22. The number of likely N-dealkylation sites (N-methyl/N-ethyl adjacent to an activating group) is 1. The highest BCUT2D eigenvalue weighted by Gasteiger charge is 2.14. The van der Waals surface area contributed by atoms with Crippen LogP contribution < -0.4 is 4.74 Å². The molecule has 0 aliphatic heterocycles. The smallest absolute Gasteiger partial charge is 0.118 e. The number of ether oxygens (including phenoxy) is 1. The van der Waals surface area contributed by atoms with Gasteiger partial charge in [-0.25, -0.2) is 0 Å². The third-order valence-electron chi connectivity index (χ3n) is 3.87. The molecule has 2 rings (SSSR count). The summed E-state index contributed by atoms with van der Waals surface area (Å²) >= 11 is 1.90. The fourth-order valence-electron chi connectivity index (χ4n) is 2.58. The molecule has 0 bridgehead atoms. The van der Waals surface area contributed by atoms with Crippen LogP contribution in [0.1, 0.15) is 29.2 Å². The van der Waals surface area contributed by atoms with Gasteiger partial charge in [-0.2, -0.15) is 0 Å². The Balaban J connectivity index is 1.96. The van der Waals surface area contributed by atoms with Gasteiger partial charge in [0.2, 0.25) is 0 Å². The van der Waals surface area contributed by atoms with E-state index in [-0.39, 0.29) is 0 Å². The lowest BCUT2D eigenvalue weighted by Gasteiger charge is -2.27. The van der Waals surface area contributed by atoms with E-state index in [2.05, 4.69) is 49.9 Å². The number of benzene rings is 1. The molecule has 0 radical (unpaired) electrons. The molecular weight excluding hydrogens is 278 g/mol. The van der Waals surface area contributed by atoms with Crippen LogP contribution in [0.25, 0.3) is 0 Å². The van der Waals surface area contributed by atoms with Crippen molar-refractivity contribution in [2.75, 3.05) is 13.7 Å². The lowest BCUT2D eigenvalue weighted by molar-refractivity contribution is 0.211. The zero-order valence-electron chi connectivity index (χ0n) is 13.4. The molecule has 1 aromatic heterocycles. The van der Waals surface area contributed by atoms with Gasteiger partial charge >= 0.3 is 0 Å². The standard InChI is InChI=1S/C18H25NOS/c1-5-19(13-18-11-6-15(3)21-18)14(2)12-16-7-9-17(20-4)10-8-16/h6-11,14H,5,12-13H2,1-4H3. The summed E-state index contributed by atoms with van der Waals surface area (Å²) in [6.45, 7) is 8.85. The summed E-state index contributed by atoms with van der Waals surface area (Å²) in [6.07, 6.45) is 1.07. The van der Waals surface area contributed by atoms with E-state index in [0.29, 0.717) is 6.04 Å². The first-order valence-electron chi connectivity index (χ1n) is 7.54. The second kappa shape index (κ2) is 7.62. The molecule has 1 heterocycles. The molecule has 1 unspecified atom stereocenters. The van der Waals surface area contributed by atoms with Crippen LogP contribution in [0.5, 0.6) is 5.75 Å². The molecular formula is C18H25NOS. The summed E-state index contributed by atoms with van der Waals surface area (Å²) in [5, 5.41) is 0. The van der Waals surface area contributed by atoms with E-state index in [4.69, 9.17) is 4.74 Å². The van der Waals surface area contributed by atoms with Crippen LogP contribution in [-0.2, 0) is 13.0 Å². The maximum Gasteiger partial charge on any atom is 0.118 e. The van der Waals surface area contributed by atoms with Crippen LogP contribution in [0.4, 0.5) is 0 Å². The highest BCUT2D eigenvalue weighted by Crippen LogP contribution is 2.20. The summed E-state index contributed by atoms with van der Waals surface area (Å²) in [5.74, 6) is 0.924. The molecule has 3 heteroatoms. The van der Waals surface area contributed by atoms with Gasteiger partial charge in [-0.1, -0.05) is 19.1 Å². The number of aryl methyl sites for hydroxylation is 1. The number of rotatable bonds is 7. The molecule has 0 saturated heterocycles. The molecule has 2 aromatic rings. The van der Waals surface area contributed by atoms with Gasteiger partial charge in [0.15, 0.2) is 0 Å². The monoisotopic (exact) mass is 303 g/mol. The van der Waals surface area contributed by atoms with Crippen molar-refractivity contribution in [2.45, 2.75) is 39.8 Å². The summed E-state index contributed by atoms with van der Waals surface area (Å²) in [5.41, 5.74) is 1.36. The lowest BCUT2D eigenvalue weighted by atomic mass is 10.1. The minimum absolute atomic E-state index is 0.533. The molecule has 0 N–H and O–H groups in total. The number of nitrogens with zero attached hydrogens (tertiary/aromatic N) is 1. The average Bonchev–Trinajstić information content (AvgIpc) is 2.90. The van der Waals surface area contributed by atoms with Crippen LogP contribution in [0, 0.1) is 6.92 Å². The van der Waals surface area contributed by atoms with Crippen molar-refractivity contribution in [2.24, 2.45) is 0 Å². The molecule has 0 aliphatic carbocycles. The first-order valence-corrected chi connectivity index (χ1v) is 8.36. The van der Waals surface area contributed by atoms with E-state index in [1.54, 1.807) is 7.11 Å². The van der Waals surface area contributed by atoms with Crippen molar-refractivity contribution in [1.82, 2.24) is 4.90 Å². The normalized spacial score (nSPS) is 12.6. The molecule has 0 spiro atoms. The SMILES string of the molecule is CCN(Cc1ccc(C)s1)C(C)Cc1ccc(OC)cc1. The topological polar surface area (TPSA) is 12.5 Å². The fraction of sp³-hybridized carbons (Fsp3) is 0.444. The Bertz CT molecular complexity index is 547. The maximum absolute atomic E-state index is 5.22. The minimum atomic E-state index is 0.533. The number of hydrogen-bond acceptors (Lipinski definition) is 3. The van der Waals surface area contributed by atoms with Gasteiger partial charge in [0.05, 0.1) is 7.11 Å². The first-order chi connectivity index (χ1) is 10.1. The van der Waals surface area contributed by atoms with Gasteiger partial charge < -0.3 is 4.74 Å². The zero-order chi connectivity index (χ0) is 15.2. The quantitative estimate of drug-likeness (QED) is 0.746. The Hall–Kier alpha value is -1.32. The number of thiophene rings is 1. The van der Waals surface area contributed by atoms with Crippen LogP contribution in [0.2, 0.25) is 0 Å². The predicted octanol–water partition coefficient (Wildman–Crippen LogP) is 4.52. The predicted molar refractivity (Wildman–Crippen MR) is 91.3 cm³/mol. The third kappa shape index (κ3) is 4.58. The van der Waals surface area contributed by atoms with Crippen LogP contribution in [0.15, 0.2) is 36.4 Å². The van der Waals surface area contributed by atoms with E-state index in [1.807, 2.05) is 23.5 Å². The van der Waals surface area contributed by atoms with Gasteiger partial charge in [-0.3, -0.25) is 4.90 Å². The van der Waals surface area contributed by atoms with Gasteiger partial charge in [-0.05, 0) is 56.6 Å². The van der Waals surface area contributed by atoms with Crippen molar-refractivity contribution in [1.29, 1.82) is 0 Å². The second-order valence-electron chi connectivity index (χ2n) is 5.48. The molecule has 0 aliphatic rings. The van der Waals surface area contributed by atoms with Gasteiger partial charge in [0.25, 0.3) is 0 Å². The molecule has 114 valence electrons. The Labute approximate surface area is 132 Å². The fourth-order valence-corrected chi connectivity index (χ4v) is 3.50. The highest BCUT2D eigenvalue weighted by molar-refractivity contribution is 7.11. The van der Waals surface area contributed by atoms with E-state index in [9.17, 15) is 0 Å². The van der Waals surface area contributed by atoms with Crippen molar-refractivity contribution >= 4 is 11.3 Å². The average molecular weight is 303 g/mol. The second-order valence-corrected chi connectivity index (χ2v) is 6.85. The van der Waals surface area contributed by atoms with Crippen LogP contribution >= 0.6 is 11.3 Å². The molecule has 0 amide bonds. The largest absolute Gasteiger partial charge is 0.497 e. The lowest BCUT2D eigenvalue weighted by Crippen LogP contribution is -2.33. The Morgan fingerprint density at radius 1 is 1.14 bits per heavy atom. The Kier molecular flexibility index (Phi) is 5.83. The van der Waals surface area contributed by atoms with Crippen molar-refractivity contribution < 1.29 is 4.74 Å². The Morgan fingerprint density at radius 2 is 1.86 bits per heavy atom. The van der Waals surface area contributed by atoms with Crippen LogP contribution in [0.3, 0.4) is 0 Å². The molecule has 1 atom stereocenters. The summed E-state index contributed by atoms with van der Waals surface area (Å²) in [7, 11) is 1.71. The third-order valence-corrected chi connectivity index (χ3v) is 4.86. The van der Waals surface area contributed by atoms with E-state index in [0.717, 1.165) is 25.3 Å². The van der Waals surface area contributed by atoms with E-state index >= 15 is 0 Å². The molecule has 0 saturated carbocycles. The van der Waals surface area contributed by atoms with E-state index in [1.165, 1.54) is 15.3 Å². The summed E-state index contributed by atoms with van der Waals surface area (Å²) in [4.78, 5) is 5.38. The summed E-state index contributed by atoms with van der Waals surface area (Å²) < 4.78 is 5.22. The molecule has 21 heavy (non-hydrogen) atoms. The van der Waals surface area contributed by atoms with Gasteiger partial charge in [0, 0.05) is 22.3 Å². The zero-order valence-corrected chi connectivity index (χ0v) is 14.2. The molecule has 1 aromatic carbocycles. The first kappa shape index (κ1) is 16.1. The van der Waals surface area contributed by atoms with E-state index < -0.39 is 0 Å². The van der Waals surface area contributed by atoms with Crippen molar-refractivity contribution in [3.05, 3.63) is 51.7 Å². The van der Waals surface area contributed by atoms with Gasteiger partial charge in [0.1, 0.15) is 5.75 Å². The van der Waals surface area contributed by atoms with Crippen molar-refractivity contribution in [3.63, 3.8) is 0 Å². The van der Waals surface area contributed by atoms with Gasteiger partial charge in [-0.15, -0.1) is 11.3 Å². The van der Waals surface area contributed by atoms with Crippen LogP contribution in [-0.4, -0.2) is 24.6 Å². The Morgan fingerprint density at radius 3 is 2.38 bits per heavy atom. The minimum Gasteiger partial charge on any atom is -0.497 e. The molecule has 0 fully saturated rings. The number of methoxy groups -OCH3 is 1.